The Hall–Kier alpha value is -4.26. The van der Waals surface area contributed by atoms with Crippen molar-refractivity contribution in [2.45, 2.75) is 45.9 Å². The van der Waals surface area contributed by atoms with Crippen molar-refractivity contribution in [2.24, 2.45) is 0 Å². The maximum atomic E-state index is 13.5. The van der Waals surface area contributed by atoms with Crippen LogP contribution in [-0.2, 0) is 16.1 Å². The summed E-state index contributed by atoms with van der Waals surface area (Å²) in [7, 11) is 0. The van der Waals surface area contributed by atoms with Gasteiger partial charge >= 0.3 is 0 Å². The molecule has 0 saturated carbocycles. The molecule has 0 aliphatic carbocycles. The maximum Gasteiger partial charge on any atom is 0.295 e. The number of likely N-dealkylation sites (tertiary alicyclic amines) is 1. The summed E-state index contributed by atoms with van der Waals surface area (Å²) in [5.41, 5.74) is 2.43. The second-order valence-electron chi connectivity index (χ2n) is 10.2. The first kappa shape index (κ1) is 24.4. The number of hydrogen-bond donors (Lipinski definition) is 1. The van der Waals surface area contributed by atoms with Gasteiger partial charge in [0.15, 0.2) is 11.5 Å². The summed E-state index contributed by atoms with van der Waals surface area (Å²) in [6.07, 6.45) is 0. The maximum absolute atomic E-state index is 13.5. The van der Waals surface area contributed by atoms with E-state index in [2.05, 4.69) is 0 Å². The van der Waals surface area contributed by atoms with E-state index in [0.717, 1.165) is 16.7 Å². The monoisotopic (exact) mass is 499 g/mol. The molecule has 5 rings (SSSR count). The first-order chi connectivity index (χ1) is 17.6. The Bertz CT molecular complexity index is 1420. The third-order valence-electron chi connectivity index (χ3n) is 6.27. The van der Waals surface area contributed by atoms with E-state index < -0.39 is 23.3 Å². The van der Waals surface area contributed by atoms with E-state index in [1.54, 1.807) is 18.2 Å². The van der Waals surface area contributed by atoms with Gasteiger partial charge in [-0.3, -0.25) is 9.59 Å². The molecule has 37 heavy (non-hydrogen) atoms. The molecule has 7 heteroatoms. The number of carbonyl (C=O) groups excluding carboxylic acids is 2. The Labute approximate surface area is 215 Å². The number of ketones is 1. The van der Waals surface area contributed by atoms with Crippen molar-refractivity contribution in [1.82, 2.24) is 4.90 Å². The quantitative estimate of drug-likeness (QED) is 0.283. The third-order valence-corrected chi connectivity index (χ3v) is 6.27. The van der Waals surface area contributed by atoms with Crippen molar-refractivity contribution in [3.63, 3.8) is 0 Å². The van der Waals surface area contributed by atoms with Crippen molar-refractivity contribution in [3.05, 3.63) is 94.6 Å². The van der Waals surface area contributed by atoms with Gasteiger partial charge < -0.3 is 24.2 Å². The number of nitrogens with zero attached hydrogens (tertiary/aromatic N) is 1. The predicted octanol–water partition coefficient (Wildman–Crippen LogP) is 5.52. The number of aliphatic hydroxyl groups is 1. The summed E-state index contributed by atoms with van der Waals surface area (Å²) in [5, 5.41) is 11.4. The number of Topliss-reactive ketones (excluding diaryl/α,β-unsaturated/α-hetero) is 1. The van der Waals surface area contributed by atoms with E-state index in [9.17, 15) is 14.7 Å². The van der Waals surface area contributed by atoms with Crippen LogP contribution in [-0.4, -0.2) is 34.1 Å². The van der Waals surface area contributed by atoms with Gasteiger partial charge in [-0.1, -0.05) is 48.0 Å². The molecule has 2 aliphatic heterocycles. The number of aliphatic hydroxyl groups excluding tert-OH is 1. The molecule has 1 amide bonds. The van der Waals surface area contributed by atoms with Crippen LogP contribution < -0.4 is 14.2 Å². The van der Waals surface area contributed by atoms with Crippen molar-refractivity contribution in [1.29, 1.82) is 0 Å². The van der Waals surface area contributed by atoms with Crippen molar-refractivity contribution >= 4 is 17.4 Å². The lowest BCUT2D eigenvalue weighted by atomic mass is 9.94. The average Bonchev–Trinajstić information content (AvgIpc) is 3.42. The normalized spacial score (nSPS) is 18.4. The van der Waals surface area contributed by atoms with Crippen molar-refractivity contribution < 1.29 is 28.9 Å². The number of aryl methyl sites for hydroxylation is 1. The van der Waals surface area contributed by atoms with Gasteiger partial charge in [0.05, 0.1) is 18.2 Å². The van der Waals surface area contributed by atoms with Gasteiger partial charge in [-0.05, 0) is 57.5 Å². The number of ether oxygens (including phenoxy) is 3. The molecular weight excluding hydrogens is 470 g/mol. The molecule has 3 aromatic rings. The first-order valence-corrected chi connectivity index (χ1v) is 12.1. The molecule has 0 aromatic heterocycles. The van der Waals surface area contributed by atoms with E-state index in [1.807, 2.05) is 76.2 Å². The van der Waals surface area contributed by atoms with Crippen LogP contribution in [0, 0.1) is 6.92 Å². The molecule has 3 aromatic carbocycles. The zero-order valence-electron chi connectivity index (χ0n) is 21.3. The van der Waals surface area contributed by atoms with Crippen LogP contribution in [0.4, 0.5) is 0 Å². The zero-order valence-corrected chi connectivity index (χ0v) is 21.3. The molecule has 0 bridgehead atoms. The van der Waals surface area contributed by atoms with Gasteiger partial charge in [0.25, 0.3) is 11.7 Å². The van der Waals surface area contributed by atoms with Gasteiger partial charge in [-0.25, -0.2) is 0 Å². The van der Waals surface area contributed by atoms with Crippen LogP contribution in [0.1, 0.15) is 49.1 Å². The molecule has 1 atom stereocenters. The largest absolute Gasteiger partial charge is 0.507 e. The second-order valence-corrected chi connectivity index (χ2v) is 10.2. The van der Waals surface area contributed by atoms with Gasteiger partial charge in [0.1, 0.15) is 17.1 Å². The van der Waals surface area contributed by atoms with Gasteiger partial charge in [-0.15, -0.1) is 0 Å². The Morgan fingerprint density at radius 2 is 1.76 bits per heavy atom. The highest BCUT2D eigenvalue weighted by molar-refractivity contribution is 6.46. The zero-order chi connectivity index (χ0) is 26.3. The van der Waals surface area contributed by atoms with Crippen LogP contribution >= 0.6 is 0 Å². The summed E-state index contributed by atoms with van der Waals surface area (Å²) < 4.78 is 17.0. The van der Waals surface area contributed by atoms with E-state index >= 15 is 0 Å². The minimum atomic E-state index is -0.784. The molecule has 7 nitrogen and oxygen atoms in total. The van der Waals surface area contributed by atoms with Crippen LogP contribution in [0.5, 0.6) is 17.2 Å². The Morgan fingerprint density at radius 3 is 2.51 bits per heavy atom. The van der Waals surface area contributed by atoms with Crippen molar-refractivity contribution in [2.75, 3.05) is 6.79 Å². The molecule has 1 fully saturated rings. The number of hydrogen-bond acceptors (Lipinski definition) is 6. The number of fused-ring (bicyclic) bond motifs is 1. The summed E-state index contributed by atoms with van der Waals surface area (Å²) in [4.78, 5) is 28.4. The molecule has 0 radical (unpaired) electrons. The number of benzene rings is 3. The number of amides is 1. The van der Waals surface area contributed by atoms with Crippen molar-refractivity contribution in [3.8, 4) is 17.2 Å². The number of carbonyl (C=O) groups is 2. The summed E-state index contributed by atoms with van der Waals surface area (Å²) in [6.45, 7) is 8.02. The molecule has 190 valence electrons. The summed E-state index contributed by atoms with van der Waals surface area (Å²) in [5.74, 6) is -0.0165. The fraction of sp³-hybridized carbons (Fsp3) is 0.267. The minimum absolute atomic E-state index is 0.0312. The first-order valence-electron chi connectivity index (χ1n) is 12.1. The Balaban J connectivity index is 1.62. The summed E-state index contributed by atoms with van der Waals surface area (Å²) in [6, 6.07) is 19.2. The predicted molar refractivity (Wildman–Crippen MR) is 138 cm³/mol. The number of para-hydroxylation sites is 1. The summed E-state index contributed by atoms with van der Waals surface area (Å²) >= 11 is 0. The molecule has 1 N–H and O–H groups in total. The van der Waals surface area contributed by atoms with Crippen LogP contribution in [0.2, 0.25) is 0 Å². The van der Waals surface area contributed by atoms with E-state index in [4.69, 9.17) is 14.2 Å². The Morgan fingerprint density at radius 1 is 1.00 bits per heavy atom. The minimum Gasteiger partial charge on any atom is -0.507 e. The fourth-order valence-corrected chi connectivity index (χ4v) is 4.68. The van der Waals surface area contributed by atoms with Crippen LogP contribution in [0.3, 0.4) is 0 Å². The highest BCUT2D eigenvalue weighted by Gasteiger charge is 2.46. The van der Waals surface area contributed by atoms with Gasteiger partial charge in [0, 0.05) is 11.1 Å². The SMILES string of the molecule is Cc1cccc(C2/C(=C(/O)c3ccc4c(c3)OCO4)C(=O)C(=O)N2Cc2ccccc2OC(C)(C)C)c1. The lowest BCUT2D eigenvalue weighted by Crippen LogP contribution is -2.30. The molecule has 0 spiro atoms. The molecule has 2 aliphatic rings. The topological polar surface area (TPSA) is 85.3 Å². The van der Waals surface area contributed by atoms with E-state index in [0.29, 0.717) is 22.8 Å². The molecule has 1 unspecified atom stereocenters. The van der Waals surface area contributed by atoms with Crippen LogP contribution in [0.15, 0.2) is 72.3 Å². The highest BCUT2D eigenvalue weighted by Crippen LogP contribution is 2.43. The van der Waals surface area contributed by atoms with E-state index in [1.165, 1.54) is 4.90 Å². The highest BCUT2D eigenvalue weighted by atomic mass is 16.7. The molecular formula is C30H29NO6. The lowest BCUT2D eigenvalue weighted by Gasteiger charge is -2.28. The lowest BCUT2D eigenvalue weighted by molar-refractivity contribution is -0.140. The molecule has 2 heterocycles. The van der Waals surface area contributed by atoms with Gasteiger partial charge in [-0.2, -0.15) is 0 Å². The fourth-order valence-electron chi connectivity index (χ4n) is 4.68. The second kappa shape index (κ2) is 9.32. The number of rotatable bonds is 5. The van der Waals surface area contributed by atoms with Gasteiger partial charge in [0.2, 0.25) is 6.79 Å². The molecule has 1 saturated heterocycles. The third kappa shape index (κ3) is 4.77. The van der Waals surface area contributed by atoms with Crippen LogP contribution in [0.25, 0.3) is 5.76 Å². The van der Waals surface area contributed by atoms with E-state index in [-0.39, 0.29) is 24.7 Å². The average molecular weight is 500 g/mol. The standard InChI is InChI=1S/C30H29NO6/c1-18-8-7-10-19(14-18)26-25(27(32)20-12-13-23-24(15-20)36-17-35-23)28(33)29(34)31(26)16-21-9-5-6-11-22(21)37-30(2,3)4/h5-15,26,32H,16-17H2,1-4H3/b27-25-. The smallest absolute Gasteiger partial charge is 0.295 e. The Kier molecular flexibility index (Phi) is 6.15.